The summed E-state index contributed by atoms with van der Waals surface area (Å²) in [4.78, 5) is 5.80. The number of benzene rings is 1. The molecule has 1 fully saturated rings. The zero-order valence-electron chi connectivity index (χ0n) is 11.6. The van der Waals surface area contributed by atoms with Crippen LogP contribution in [0.5, 0.6) is 0 Å². The van der Waals surface area contributed by atoms with Crippen LogP contribution in [0, 0.1) is 0 Å². The number of nitrogens with zero attached hydrogens (tertiary/aromatic N) is 1. The van der Waals surface area contributed by atoms with Crippen LogP contribution in [0.1, 0.15) is 18.4 Å². The molecule has 1 unspecified atom stereocenters. The number of thiocarbonyl (C=S) groups is 1. The maximum atomic E-state index is 5.54. The van der Waals surface area contributed by atoms with Crippen molar-refractivity contribution in [2.45, 2.75) is 25.3 Å². The van der Waals surface area contributed by atoms with Crippen molar-refractivity contribution in [2.24, 2.45) is 5.73 Å². The molecule has 0 radical (unpaired) electrons. The molecule has 4 N–H and O–H groups in total. The Kier molecular flexibility index (Phi) is 3.63. The maximum absolute atomic E-state index is 5.54. The fourth-order valence-corrected chi connectivity index (χ4v) is 3.18. The fraction of sp³-hybridized carbons (Fsp3) is 0.400. The molecule has 3 rings (SSSR count). The molecule has 1 atom stereocenters. The Balaban J connectivity index is 1.88. The van der Waals surface area contributed by atoms with E-state index >= 15 is 0 Å². The van der Waals surface area contributed by atoms with Crippen LogP contribution in [0.3, 0.4) is 0 Å². The highest BCUT2D eigenvalue weighted by Gasteiger charge is 2.22. The molecular weight excluding hydrogens is 268 g/mol. The van der Waals surface area contributed by atoms with Crippen molar-refractivity contribution in [3.05, 3.63) is 30.0 Å². The topological polar surface area (TPSA) is 57.1 Å². The van der Waals surface area contributed by atoms with Gasteiger partial charge in [-0.1, -0.05) is 0 Å². The number of rotatable bonds is 3. The second kappa shape index (κ2) is 5.42. The molecule has 106 valence electrons. The van der Waals surface area contributed by atoms with E-state index in [1.807, 2.05) is 6.07 Å². The number of aromatic amines is 1. The quantitative estimate of drug-likeness (QED) is 0.759. The summed E-state index contributed by atoms with van der Waals surface area (Å²) >= 11 is 4.90. The molecule has 0 spiro atoms. The van der Waals surface area contributed by atoms with Gasteiger partial charge in [-0.25, -0.2) is 0 Å². The minimum atomic E-state index is 0.303. The van der Waals surface area contributed by atoms with Crippen LogP contribution in [-0.4, -0.2) is 34.6 Å². The summed E-state index contributed by atoms with van der Waals surface area (Å²) in [6, 6.07) is 6.83. The number of fused-ring (bicyclic) bond motifs is 1. The van der Waals surface area contributed by atoms with Crippen molar-refractivity contribution in [1.29, 1.82) is 0 Å². The van der Waals surface area contributed by atoms with Gasteiger partial charge in [0.1, 0.15) is 0 Å². The Morgan fingerprint density at radius 1 is 1.55 bits per heavy atom. The van der Waals surface area contributed by atoms with Crippen LogP contribution >= 0.6 is 12.2 Å². The lowest BCUT2D eigenvalue weighted by atomic mass is 10.0. The molecule has 1 aromatic carbocycles. The van der Waals surface area contributed by atoms with Crippen molar-refractivity contribution in [2.75, 3.05) is 18.9 Å². The summed E-state index contributed by atoms with van der Waals surface area (Å²) in [6.07, 6.45) is 5.81. The number of anilines is 1. The Morgan fingerprint density at radius 3 is 3.10 bits per heavy atom. The van der Waals surface area contributed by atoms with Crippen molar-refractivity contribution >= 4 is 33.9 Å². The Hall–Kier alpha value is -1.59. The first kappa shape index (κ1) is 13.4. The number of hydrogen-bond donors (Lipinski definition) is 3. The fourth-order valence-electron chi connectivity index (χ4n) is 3.06. The van der Waals surface area contributed by atoms with Gasteiger partial charge in [0.25, 0.3) is 0 Å². The number of H-pyrrole nitrogens is 1. The number of hydrogen-bond acceptors (Lipinski definition) is 2. The molecule has 2 heterocycles. The van der Waals surface area contributed by atoms with Crippen molar-refractivity contribution in [1.82, 2.24) is 9.88 Å². The largest absolute Gasteiger partial charge is 0.376 e. The molecule has 1 saturated heterocycles. The summed E-state index contributed by atoms with van der Waals surface area (Å²) in [5, 5.41) is 4.56. The van der Waals surface area contributed by atoms with Gasteiger partial charge < -0.3 is 20.9 Å². The molecule has 1 aliphatic heterocycles. The molecule has 2 aromatic rings. The van der Waals surface area contributed by atoms with E-state index in [4.69, 9.17) is 18.0 Å². The number of likely N-dealkylation sites (tertiary alicyclic amines) is 1. The van der Waals surface area contributed by atoms with Crippen LogP contribution < -0.4 is 11.1 Å². The molecule has 1 aromatic heterocycles. The maximum Gasteiger partial charge on any atom is 0.168 e. The highest BCUT2D eigenvalue weighted by Crippen LogP contribution is 2.26. The molecule has 5 heteroatoms. The highest BCUT2D eigenvalue weighted by molar-refractivity contribution is 7.80. The summed E-state index contributed by atoms with van der Waals surface area (Å²) in [5.41, 5.74) is 9.01. The first-order valence-corrected chi connectivity index (χ1v) is 7.41. The average molecular weight is 288 g/mol. The first-order valence-electron chi connectivity index (χ1n) is 7.00. The molecule has 0 aliphatic carbocycles. The van der Waals surface area contributed by atoms with Gasteiger partial charge in [-0.05, 0) is 68.8 Å². The molecule has 0 amide bonds. The van der Waals surface area contributed by atoms with E-state index in [9.17, 15) is 0 Å². The van der Waals surface area contributed by atoms with Gasteiger partial charge in [0, 0.05) is 28.8 Å². The van der Waals surface area contributed by atoms with Gasteiger partial charge in [-0.3, -0.25) is 0 Å². The van der Waals surface area contributed by atoms with Crippen LogP contribution in [-0.2, 0) is 6.42 Å². The molecule has 20 heavy (non-hydrogen) atoms. The normalized spacial score (nSPS) is 19.6. The Bertz CT molecular complexity index is 634. The van der Waals surface area contributed by atoms with Crippen molar-refractivity contribution in [3.63, 3.8) is 0 Å². The molecule has 1 aliphatic rings. The van der Waals surface area contributed by atoms with Crippen molar-refractivity contribution < 1.29 is 0 Å². The lowest BCUT2D eigenvalue weighted by Crippen LogP contribution is -2.26. The molecular formula is C15H20N4S. The van der Waals surface area contributed by atoms with Gasteiger partial charge in [0.05, 0.1) is 0 Å². The van der Waals surface area contributed by atoms with Crippen LogP contribution in [0.4, 0.5) is 5.69 Å². The van der Waals surface area contributed by atoms with Gasteiger partial charge in [0.2, 0.25) is 0 Å². The predicted octanol–water partition coefficient (Wildman–Crippen LogP) is 2.46. The van der Waals surface area contributed by atoms with Gasteiger partial charge >= 0.3 is 0 Å². The standard InChI is InChI=1S/C15H20N4S/c1-19-6-2-3-12(19)7-10-9-17-14-5-4-11(8-13(10)14)18-15(16)20/h4-5,8-9,12,17H,2-3,6-7H2,1H3,(H3,16,18,20). The van der Waals surface area contributed by atoms with Gasteiger partial charge in [0.15, 0.2) is 5.11 Å². The van der Waals surface area contributed by atoms with Crippen LogP contribution in [0.25, 0.3) is 10.9 Å². The van der Waals surface area contributed by atoms with E-state index in [0.717, 1.165) is 17.6 Å². The SMILES string of the molecule is CN1CCCC1Cc1c[nH]c2ccc(NC(N)=S)cc12. The van der Waals surface area contributed by atoms with E-state index in [1.54, 1.807) is 0 Å². The smallest absolute Gasteiger partial charge is 0.168 e. The minimum Gasteiger partial charge on any atom is -0.376 e. The average Bonchev–Trinajstić information content (AvgIpc) is 2.97. The molecule has 0 bridgehead atoms. The van der Waals surface area contributed by atoms with Crippen molar-refractivity contribution in [3.8, 4) is 0 Å². The van der Waals surface area contributed by atoms with E-state index in [1.165, 1.54) is 30.3 Å². The monoisotopic (exact) mass is 288 g/mol. The summed E-state index contributed by atoms with van der Waals surface area (Å²) in [6.45, 7) is 1.21. The second-order valence-electron chi connectivity index (χ2n) is 5.54. The third kappa shape index (κ3) is 2.64. The Morgan fingerprint density at radius 2 is 2.40 bits per heavy atom. The second-order valence-corrected chi connectivity index (χ2v) is 5.98. The number of aromatic nitrogens is 1. The van der Waals surface area contributed by atoms with Gasteiger partial charge in [-0.15, -0.1) is 0 Å². The van der Waals surface area contributed by atoms with E-state index in [0.29, 0.717) is 11.2 Å². The van der Waals surface area contributed by atoms with Crippen LogP contribution in [0.15, 0.2) is 24.4 Å². The van der Waals surface area contributed by atoms with E-state index in [2.05, 4.69) is 40.6 Å². The summed E-state index contributed by atoms with van der Waals surface area (Å²) in [5.74, 6) is 0. The third-order valence-electron chi connectivity index (χ3n) is 4.16. The molecule has 0 saturated carbocycles. The highest BCUT2D eigenvalue weighted by atomic mass is 32.1. The van der Waals surface area contributed by atoms with E-state index in [-0.39, 0.29) is 0 Å². The third-order valence-corrected chi connectivity index (χ3v) is 4.26. The summed E-state index contributed by atoms with van der Waals surface area (Å²) in [7, 11) is 2.21. The lowest BCUT2D eigenvalue weighted by Gasteiger charge is -2.18. The predicted molar refractivity (Wildman–Crippen MR) is 88.1 cm³/mol. The zero-order valence-corrected chi connectivity index (χ0v) is 12.5. The number of nitrogens with two attached hydrogens (primary N) is 1. The lowest BCUT2D eigenvalue weighted by molar-refractivity contribution is 0.310. The summed E-state index contributed by atoms with van der Waals surface area (Å²) < 4.78 is 0. The number of likely N-dealkylation sites (N-methyl/N-ethyl adjacent to an activating group) is 1. The first-order chi connectivity index (χ1) is 9.63. The number of nitrogens with one attached hydrogen (secondary N) is 2. The molecule has 4 nitrogen and oxygen atoms in total. The minimum absolute atomic E-state index is 0.303. The van der Waals surface area contributed by atoms with E-state index < -0.39 is 0 Å². The zero-order chi connectivity index (χ0) is 14.1. The van der Waals surface area contributed by atoms with Crippen LogP contribution in [0.2, 0.25) is 0 Å². The Labute approximate surface area is 124 Å². The van der Waals surface area contributed by atoms with Gasteiger partial charge in [-0.2, -0.15) is 0 Å².